The summed E-state index contributed by atoms with van der Waals surface area (Å²) in [7, 11) is -0.0482. The Morgan fingerprint density at radius 3 is 2.04 bits per heavy atom. The number of benzene rings is 1. The van der Waals surface area contributed by atoms with Crippen LogP contribution in [0.15, 0.2) is 24.3 Å². The van der Waals surface area contributed by atoms with Gasteiger partial charge in [-0.1, -0.05) is 12.1 Å². The second kappa shape index (κ2) is 10.2. The van der Waals surface area contributed by atoms with Crippen molar-refractivity contribution in [3.63, 3.8) is 0 Å². The van der Waals surface area contributed by atoms with E-state index in [1.54, 1.807) is 24.3 Å². The number of hydrogen-bond donors (Lipinski definition) is 0. The molecule has 0 amide bonds. The molecule has 0 heterocycles. The highest BCUT2D eigenvalue weighted by atomic mass is 35.5. The minimum atomic E-state index is -3.80. The van der Waals surface area contributed by atoms with Crippen LogP contribution in [0.2, 0.25) is 0 Å². The highest BCUT2D eigenvalue weighted by Gasteiger charge is 2.41. The van der Waals surface area contributed by atoms with Gasteiger partial charge < -0.3 is 13.9 Å². The lowest BCUT2D eigenvalue weighted by atomic mass is 10.1. The van der Waals surface area contributed by atoms with Gasteiger partial charge in [-0.2, -0.15) is 0 Å². The van der Waals surface area contributed by atoms with E-state index in [0.717, 1.165) is 5.69 Å². The Labute approximate surface area is 151 Å². The van der Waals surface area contributed by atoms with Gasteiger partial charge in [0.05, 0.1) is 13.2 Å². The van der Waals surface area contributed by atoms with Crippen molar-refractivity contribution >= 4 is 36.5 Å². The Balaban J connectivity index is 3.19. The van der Waals surface area contributed by atoms with Gasteiger partial charge in [-0.15, -0.1) is 23.2 Å². The number of halogens is 2. The number of nitro groups is 1. The Morgan fingerprint density at radius 2 is 1.67 bits per heavy atom. The van der Waals surface area contributed by atoms with E-state index in [9.17, 15) is 14.7 Å². The maximum Gasteiger partial charge on any atom is 0.344 e. The summed E-state index contributed by atoms with van der Waals surface area (Å²) in [5.41, 5.74) is 0.386. The first-order valence-corrected chi connectivity index (χ1v) is 9.92. The second-order valence-electron chi connectivity index (χ2n) is 5.10. The molecule has 1 rings (SSSR count). The van der Waals surface area contributed by atoms with Crippen LogP contribution in [0.3, 0.4) is 0 Å². The zero-order chi connectivity index (χ0) is 18.2. The first-order valence-electron chi connectivity index (χ1n) is 7.24. The van der Waals surface area contributed by atoms with Crippen LogP contribution in [0.5, 0.6) is 0 Å². The van der Waals surface area contributed by atoms with E-state index < -0.39 is 24.7 Å². The molecule has 0 spiro atoms. The van der Waals surface area contributed by atoms with E-state index >= 15 is 0 Å². The van der Waals surface area contributed by atoms with Gasteiger partial charge in [-0.25, -0.2) is 0 Å². The van der Waals surface area contributed by atoms with Gasteiger partial charge in [0.1, 0.15) is 0 Å². The summed E-state index contributed by atoms with van der Waals surface area (Å²) < 4.78 is 23.7. The molecule has 136 valence electrons. The third-order valence-electron chi connectivity index (χ3n) is 3.19. The first kappa shape index (κ1) is 21.2. The SMILES string of the molecule is CN(C)c1ccc(C(C[N+](=O)[O-])P(=O)(OCCCl)OCCCl)cc1. The lowest BCUT2D eigenvalue weighted by Crippen LogP contribution is -2.17. The second-order valence-corrected chi connectivity index (χ2v) is 8.08. The molecule has 0 aliphatic rings. The highest BCUT2D eigenvalue weighted by Crippen LogP contribution is 2.61. The van der Waals surface area contributed by atoms with Gasteiger partial charge in [-0.05, 0) is 17.7 Å². The summed E-state index contributed by atoms with van der Waals surface area (Å²) in [5, 5.41) is 11.1. The van der Waals surface area contributed by atoms with Gasteiger partial charge in [0.25, 0.3) is 0 Å². The zero-order valence-corrected chi connectivity index (χ0v) is 16.0. The van der Waals surface area contributed by atoms with Crippen LogP contribution >= 0.6 is 30.8 Å². The van der Waals surface area contributed by atoms with E-state index in [2.05, 4.69) is 0 Å². The van der Waals surface area contributed by atoms with Crippen LogP contribution in [-0.4, -0.2) is 50.5 Å². The fourth-order valence-corrected chi connectivity index (χ4v) is 4.43. The fourth-order valence-electron chi connectivity index (χ4n) is 2.06. The van der Waals surface area contributed by atoms with Crippen LogP contribution < -0.4 is 4.90 Å². The van der Waals surface area contributed by atoms with Gasteiger partial charge in [-0.3, -0.25) is 14.7 Å². The van der Waals surface area contributed by atoms with Crippen molar-refractivity contribution in [2.24, 2.45) is 0 Å². The number of alkyl halides is 2. The van der Waals surface area contributed by atoms with Gasteiger partial charge in [0, 0.05) is 36.5 Å². The van der Waals surface area contributed by atoms with Crippen molar-refractivity contribution in [3.8, 4) is 0 Å². The van der Waals surface area contributed by atoms with Gasteiger partial charge >= 0.3 is 7.60 Å². The molecule has 0 radical (unpaired) electrons. The zero-order valence-electron chi connectivity index (χ0n) is 13.6. The Hall–Kier alpha value is -0.850. The molecule has 0 bridgehead atoms. The summed E-state index contributed by atoms with van der Waals surface area (Å²) in [6.45, 7) is -0.653. The van der Waals surface area contributed by atoms with E-state index in [4.69, 9.17) is 32.2 Å². The molecule has 1 unspecified atom stereocenters. The molecular weight excluding hydrogens is 378 g/mol. The number of anilines is 1. The minimum Gasteiger partial charge on any atom is -0.378 e. The Kier molecular flexibility index (Phi) is 9.02. The van der Waals surface area contributed by atoms with Crippen molar-refractivity contribution in [3.05, 3.63) is 39.9 Å². The molecular formula is C14H21Cl2N2O5P. The molecule has 0 saturated carbocycles. The highest BCUT2D eigenvalue weighted by molar-refractivity contribution is 7.54. The maximum atomic E-state index is 13.1. The largest absolute Gasteiger partial charge is 0.378 e. The summed E-state index contributed by atoms with van der Waals surface area (Å²) in [4.78, 5) is 12.4. The quantitative estimate of drug-likeness (QED) is 0.244. The van der Waals surface area contributed by atoms with Crippen LogP contribution in [0.25, 0.3) is 0 Å². The van der Waals surface area contributed by atoms with Crippen molar-refractivity contribution in [2.75, 3.05) is 50.5 Å². The predicted molar refractivity (Wildman–Crippen MR) is 96.3 cm³/mol. The molecule has 10 heteroatoms. The predicted octanol–water partition coefficient (Wildman–Crippen LogP) is 3.77. The normalized spacial score (nSPS) is 12.8. The van der Waals surface area contributed by atoms with Crippen molar-refractivity contribution < 1.29 is 18.5 Å². The molecule has 7 nitrogen and oxygen atoms in total. The first-order chi connectivity index (χ1) is 11.3. The number of rotatable bonds is 11. The fraction of sp³-hybridized carbons (Fsp3) is 0.571. The number of nitrogens with zero attached hydrogens (tertiary/aromatic N) is 2. The summed E-state index contributed by atoms with van der Waals surface area (Å²) in [5.74, 6) is 0.192. The molecule has 1 atom stereocenters. The van der Waals surface area contributed by atoms with Crippen LogP contribution in [-0.2, 0) is 13.6 Å². The molecule has 1 aromatic carbocycles. The molecule has 0 aliphatic heterocycles. The molecule has 0 N–H and O–H groups in total. The van der Waals surface area contributed by atoms with E-state index in [1.807, 2.05) is 19.0 Å². The topological polar surface area (TPSA) is 81.9 Å². The summed E-state index contributed by atoms with van der Waals surface area (Å²) in [6.07, 6.45) is 0. The lowest BCUT2D eigenvalue weighted by Gasteiger charge is -2.25. The average Bonchev–Trinajstić information content (AvgIpc) is 2.56. The van der Waals surface area contributed by atoms with E-state index in [-0.39, 0.29) is 25.0 Å². The molecule has 0 fully saturated rings. The maximum absolute atomic E-state index is 13.1. The summed E-state index contributed by atoms with van der Waals surface area (Å²) >= 11 is 11.2. The van der Waals surface area contributed by atoms with Crippen molar-refractivity contribution in [2.45, 2.75) is 5.66 Å². The Morgan fingerprint density at radius 1 is 1.17 bits per heavy atom. The average molecular weight is 399 g/mol. The summed E-state index contributed by atoms with van der Waals surface area (Å²) in [6, 6.07) is 6.94. The molecule has 0 aliphatic carbocycles. The molecule has 1 aromatic rings. The lowest BCUT2D eigenvalue weighted by molar-refractivity contribution is -0.480. The third-order valence-corrected chi connectivity index (χ3v) is 5.81. The third kappa shape index (κ3) is 6.22. The standard InChI is InChI=1S/C14H21Cl2N2O5P/c1-17(2)13-5-3-12(4-6-13)14(11-18(19)20)24(21,22-9-7-15)23-10-8-16/h3-6,14H,7-11H2,1-2H3. The molecule has 0 aromatic heterocycles. The van der Waals surface area contributed by atoms with Crippen LogP contribution in [0, 0.1) is 10.1 Å². The van der Waals surface area contributed by atoms with E-state index in [0.29, 0.717) is 5.56 Å². The van der Waals surface area contributed by atoms with E-state index in [1.165, 1.54) is 0 Å². The Bertz CT molecular complexity index is 559. The van der Waals surface area contributed by atoms with Gasteiger partial charge in [0.15, 0.2) is 5.66 Å². The van der Waals surface area contributed by atoms with Crippen molar-refractivity contribution in [1.82, 2.24) is 0 Å². The smallest absolute Gasteiger partial charge is 0.344 e. The van der Waals surface area contributed by atoms with Crippen LogP contribution in [0.4, 0.5) is 5.69 Å². The molecule has 24 heavy (non-hydrogen) atoms. The van der Waals surface area contributed by atoms with Gasteiger partial charge in [0.2, 0.25) is 6.54 Å². The number of hydrogen-bond acceptors (Lipinski definition) is 6. The minimum absolute atomic E-state index is 0.0366. The van der Waals surface area contributed by atoms with Crippen LogP contribution in [0.1, 0.15) is 11.2 Å². The van der Waals surface area contributed by atoms with Crippen molar-refractivity contribution in [1.29, 1.82) is 0 Å². The monoisotopic (exact) mass is 398 g/mol. The molecule has 0 saturated heterocycles.